The van der Waals surface area contributed by atoms with E-state index in [9.17, 15) is 14.4 Å². The van der Waals surface area contributed by atoms with Gasteiger partial charge in [0.25, 0.3) is 5.91 Å². The summed E-state index contributed by atoms with van der Waals surface area (Å²) in [6.45, 7) is 1.93. The van der Waals surface area contributed by atoms with Crippen LogP contribution in [0.5, 0.6) is 0 Å². The molecule has 3 aromatic rings. The summed E-state index contributed by atoms with van der Waals surface area (Å²) in [5, 5.41) is 10.9. The van der Waals surface area contributed by atoms with Crippen molar-refractivity contribution in [2.45, 2.75) is 29.9 Å². The maximum atomic E-state index is 12.9. The van der Waals surface area contributed by atoms with Crippen molar-refractivity contribution in [1.82, 2.24) is 5.32 Å². The summed E-state index contributed by atoms with van der Waals surface area (Å²) in [6.07, 6.45) is 3.86. The minimum absolute atomic E-state index is 0.0414. The number of amidine groups is 1. The molecule has 0 spiro atoms. The number of amides is 3. The highest BCUT2D eigenvalue weighted by Gasteiger charge is 2.28. The Bertz CT molecular complexity index is 1290. The first-order valence-electron chi connectivity index (χ1n) is 11.6. The molecule has 182 valence electrons. The summed E-state index contributed by atoms with van der Waals surface area (Å²) in [6, 6.07) is 26.1. The second kappa shape index (κ2) is 12.0. The Balaban J connectivity index is 1.36. The maximum absolute atomic E-state index is 12.9. The first-order valence-corrected chi connectivity index (χ1v) is 12.5. The molecule has 1 unspecified atom stereocenters. The van der Waals surface area contributed by atoms with Crippen LogP contribution in [-0.2, 0) is 14.4 Å². The fourth-order valence-electron chi connectivity index (χ4n) is 3.55. The van der Waals surface area contributed by atoms with Gasteiger partial charge in [-0.05, 0) is 48.4 Å². The topological polar surface area (TPSA) is 90.9 Å². The van der Waals surface area contributed by atoms with E-state index in [1.165, 1.54) is 22.8 Å². The largest absolute Gasteiger partial charge is 0.322 e. The molecule has 1 aliphatic rings. The molecule has 4 rings (SSSR count). The molecule has 0 saturated carbocycles. The van der Waals surface area contributed by atoms with Crippen LogP contribution >= 0.6 is 11.8 Å². The lowest BCUT2D eigenvalue weighted by Gasteiger charge is -2.15. The SMILES string of the molecule is CCC(Sc1cccc(NC(=O)/C=C/c2ccccc2)c1)C(=O)NC1=NN(c2ccccc2)C(=O)C1. The smallest absolute Gasteiger partial charge is 0.255 e. The van der Waals surface area contributed by atoms with E-state index in [0.29, 0.717) is 23.6 Å². The van der Waals surface area contributed by atoms with E-state index in [4.69, 9.17) is 0 Å². The molecule has 36 heavy (non-hydrogen) atoms. The van der Waals surface area contributed by atoms with Gasteiger partial charge in [0.05, 0.1) is 17.4 Å². The molecule has 0 saturated heterocycles. The Hall–Kier alpha value is -4.17. The number of carbonyl (C=O) groups excluding carboxylic acids is 3. The van der Waals surface area contributed by atoms with Gasteiger partial charge in [-0.2, -0.15) is 10.1 Å². The Morgan fingerprint density at radius 3 is 2.44 bits per heavy atom. The van der Waals surface area contributed by atoms with Gasteiger partial charge in [0, 0.05) is 16.7 Å². The summed E-state index contributed by atoms with van der Waals surface area (Å²) in [5.74, 6) is -0.317. The number of nitrogens with one attached hydrogen (secondary N) is 2. The van der Waals surface area contributed by atoms with Crippen molar-refractivity contribution in [3.05, 3.63) is 96.6 Å². The zero-order valence-corrected chi connectivity index (χ0v) is 20.6. The molecular weight excluding hydrogens is 472 g/mol. The number of benzene rings is 3. The number of hydrogen-bond donors (Lipinski definition) is 2. The van der Waals surface area contributed by atoms with Gasteiger partial charge in [-0.3, -0.25) is 14.4 Å². The van der Waals surface area contributed by atoms with E-state index in [1.807, 2.05) is 73.7 Å². The fraction of sp³-hybridized carbons (Fsp3) is 0.143. The predicted octanol–water partition coefficient (Wildman–Crippen LogP) is 5.08. The van der Waals surface area contributed by atoms with Crippen LogP contribution in [0.4, 0.5) is 11.4 Å². The minimum atomic E-state index is -0.391. The number of thioether (sulfide) groups is 1. The molecule has 1 atom stereocenters. The Morgan fingerprint density at radius 1 is 1.00 bits per heavy atom. The zero-order valence-electron chi connectivity index (χ0n) is 19.8. The van der Waals surface area contributed by atoms with Crippen LogP contribution in [-0.4, -0.2) is 28.8 Å². The third-order valence-electron chi connectivity index (χ3n) is 5.31. The van der Waals surface area contributed by atoms with Gasteiger partial charge < -0.3 is 10.6 Å². The standard InChI is InChI=1S/C28H26N4O3S/c1-2-24(28(35)30-25-19-27(34)32(31-25)22-13-7-4-8-14-22)36-23-15-9-12-21(18-23)29-26(33)17-16-20-10-5-3-6-11-20/h3-18,24H,2,19H2,1H3,(H,29,33)(H,30,31,35)/b17-16+. The third kappa shape index (κ3) is 6.70. The Kier molecular flexibility index (Phi) is 8.31. The van der Waals surface area contributed by atoms with Crippen LogP contribution < -0.4 is 15.6 Å². The molecule has 0 aromatic heterocycles. The fourth-order valence-corrected chi connectivity index (χ4v) is 4.56. The number of anilines is 2. The van der Waals surface area contributed by atoms with Crippen molar-refractivity contribution in [2.24, 2.45) is 5.10 Å². The van der Waals surface area contributed by atoms with Crippen LogP contribution in [0.2, 0.25) is 0 Å². The average Bonchev–Trinajstić information content (AvgIpc) is 3.27. The third-order valence-corrected chi connectivity index (χ3v) is 6.67. The highest BCUT2D eigenvalue weighted by atomic mass is 32.2. The number of para-hydroxylation sites is 1. The van der Waals surface area contributed by atoms with E-state index < -0.39 is 5.25 Å². The van der Waals surface area contributed by atoms with Crippen molar-refractivity contribution in [3.63, 3.8) is 0 Å². The second-order valence-corrected chi connectivity index (χ2v) is 9.31. The van der Waals surface area contributed by atoms with Crippen LogP contribution in [0.3, 0.4) is 0 Å². The monoisotopic (exact) mass is 498 g/mol. The average molecular weight is 499 g/mol. The summed E-state index contributed by atoms with van der Waals surface area (Å²) < 4.78 is 0. The summed E-state index contributed by atoms with van der Waals surface area (Å²) in [5.41, 5.74) is 2.24. The summed E-state index contributed by atoms with van der Waals surface area (Å²) >= 11 is 1.39. The van der Waals surface area contributed by atoms with Crippen molar-refractivity contribution in [2.75, 3.05) is 10.3 Å². The van der Waals surface area contributed by atoms with Crippen molar-refractivity contribution < 1.29 is 14.4 Å². The number of nitrogens with zero attached hydrogens (tertiary/aromatic N) is 2. The predicted molar refractivity (Wildman–Crippen MR) is 145 cm³/mol. The molecule has 3 aromatic carbocycles. The lowest BCUT2D eigenvalue weighted by molar-refractivity contribution is -0.119. The number of rotatable bonds is 8. The molecule has 2 N–H and O–H groups in total. The van der Waals surface area contributed by atoms with Gasteiger partial charge in [0.1, 0.15) is 5.84 Å². The quantitative estimate of drug-likeness (QED) is 0.335. The maximum Gasteiger partial charge on any atom is 0.255 e. The summed E-state index contributed by atoms with van der Waals surface area (Å²) in [7, 11) is 0. The van der Waals surface area contributed by atoms with Crippen molar-refractivity contribution in [3.8, 4) is 0 Å². The number of hydrazone groups is 1. The van der Waals surface area contributed by atoms with Crippen LogP contribution in [0.25, 0.3) is 6.08 Å². The van der Waals surface area contributed by atoms with Crippen LogP contribution in [0, 0.1) is 0 Å². The molecule has 0 fully saturated rings. The number of carbonyl (C=O) groups is 3. The highest BCUT2D eigenvalue weighted by molar-refractivity contribution is 8.00. The van der Waals surface area contributed by atoms with Gasteiger partial charge in [-0.15, -0.1) is 11.8 Å². The molecular formula is C28H26N4O3S. The molecule has 3 amide bonds. The molecule has 8 heteroatoms. The normalized spacial score (nSPS) is 14.0. The first-order chi connectivity index (χ1) is 17.5. The van der Waals surface area contributed by atoms with E-state index in [1.54, 1.807) is 24.3 Å². The lowest BCUT2D eigenvalue weighted by atomic mass is 10.2. The van der Waals surface area contributed by atoms with E-state index >= 15 is 0 Å². The molecule has 0 radical (unpaired) electrons. The molecule has 7 nitrogen and oxygen atoms in total. The van der Waals surface area contributed by atoms with E-state index in [2.05, 4.69) is 15.7 Å². The Labute approximate surface area is 214 Å². The van der Waals surface area contributed by atoms with Crippen LogP contribution in [0.1, 0.15) is 25.3 Å². The molecule has 0 bridgehead atoms. The van der Waals surface area contributed by atoms with Crippen LogP contribution in [0.15, 0.2) is 101 Å². The van der Waals surface area contributed by atoms with Gasteiger partial charge in [0.2, 0.25) is 11.8 Å². The minimum Gasteiger partial charge on any atom is -0.322 e. The molecule has 1 heterocycles. The highest BCUT2D eigenvalue weighted by Crippen LogP contribution is 2.28. The van der Waals surface area contributed by atoms with Crippen molar-refractivity contribution in [1.29, 1.82) is 0 Å². The lowest BCUT2D eigenvalue weighted by Crippen LogP contribution is -2.36. The number of hydrogen-bond acceptors (Lipinski definition) is 5. The zero-order chi connectivity index (χ0) is 25.3. The second-order valence-electron chi connectivity index (χ2n) is 8.03. The summed E-state index contributed by atoms with van der Waals surface area (Å²) in [4.78, 5) is 38.5. The van der Waals surface area contributed by atoms with Gasteiger partial charge >= 0.3 is 0 Å². The molecule has 0 aliphatic carbocycles. The molecule has 1 aliphatic heterocycles. The van der Waals surface area contributed by atoms with E-state index in [0.717, 1.165) is 10.5 Å². The first kappa shape index (κ1) is 24.9. The van der Waals surface area contributed by atoms with Gasteiger partial charge in [-0.1, -0.05) is 61.5 Å². The van der Waals surface area contributed by atoms with Gasteiger partial charge in [0.15, 0.2) is 0 Å². The Morgan fingerprint density at radius 2 is 1.72 bits per heavy atom. The van der Waals surface area contributed by atoms with Crippen molar-refractivity contribution >= 4 is 52.8 Å². The van der Waals surface area contributed by atoms with E-state index in [-0.39, 0.29) is 24.1 Å². The van der Waals surface area contributed by atoms with Gasteiger partial charge in [-0.25, -0.2) is 0 Å².